The van der Waals surface area contributed by atoms with Crippen LogP contribution in [-0.2, 0) is 0 Å². The van der Waals surface area contributed by atoms with Gasteiger partial charge < -0.3 is 10.2 Å². The number of hydrogen-bond acceptors (Lipinski definition) is 2. The molecule has 1 aromatic carbocycles. The van der Waals surface area contributed by atoms with Crippen LogP contribution in [0.3, 0.4) is 0 Å². The Bertz CT molecular complexity index is 433. The van der Waals surface area contributed by atoms with E-state index in [-0.39, 0.29) is 5.91 Å². The molecule has 0 radical (unpaired) electrons. The normalized spacial score (nSPS) is 15.9. The number of rotatable bonds is 4. The van der Waals surface area contributed by atoms with Crippen LogP contribution in [0.15, 0.2) is 22.7 Å². The molecule has 18 heavy (non-hydrogen) atoms. The number of nitrogens with one attached hydrogen (secondary N) is 1. The maximum Gasteiger partial charge on any atom is 0.252 e. The van der Waals surface area contributed by atoms with Crippen molar-refractivity contribution in [3.63, 3.8) is 0 Å². The zero-order chi connectivity index (χ0) is 13.0. The summed E-state index contributed by atoms with van der Waals surface area (Å²) in [6, 6.07) is 5.76. The third-order valence-corrected chi connectivity index (χ3v) is 4.52. The smallest absolute Gasteiger partial charge is 0.252 e. The molecule has 1 heterocycles. The number of halogens is 2. The van der Waals surface area contributed by atoms with Crippen LogP contribution in [0.5, 0.6) is 0 Å². The van der Waals surface area contributed by atoms with Gasteiger partial charge in [-0.05, 0) is 66.7 Å². The first-order valence-electron chi connectivity index (χ1n) is 6.12. The summed E-state index contributed by atoms with van der Waals surface area (Å²) < 4.78 is 1.92. The van der Waals surface area contributed by atoms with Gasteiger partial charge in [-0.1, -0.05) is 15.9 Å². The standard InChI is InChI=1S/C13H16BrIN2O/c14-10-3-4-12(15)11(9-10)13(18)16-5-8-17-6-1-2-7-17/h3-4,9H,1-2,5-8H2,(H,16,18). The summed E-state index contributed by atoms with van der Waals surface area (Å²) >= 11 is 5.59. The molecule has 0 aliphatic carbocycles. The molecule has 98 valence electrons. The van der Waals surface area contributed by atoms with Crippen molar-refractivity contribution >= 4 is 44.4 Å². The molecule has 3 nitrogen and oxygen atoms in total. The fourth-order valence-electron chi connectivity index (χ4n) is 2.10. The van der Waals surface area contributed by atoms with E-state index in [9.17, 15) is 4.79 Å². The van der Waals surface area contributed by atoms with Crippen molar-refractivity contribution in [2.45, 2.75) is 12.8 Å². The van der Waals surface area contributed by atoms with E-state index in [1.54, 1.807) is 0 Å². The van der Waals surface area contributed by atoms with Gasteiger partial charge in [-0.15, -0.1) is 0 Å². The highest BCUT2D eigenvalue weighted by atomic mass is 127. The van der Waals surface area contributed by atoms with Crippen LogP contribution >= 0.6 is 38.5 Å². The van der Waals surface area contributed by atoms with Gasteiger partial charge in [-0.3, -0.25) is 4.79 Å². The van der Waals surface area contributed by atoms with Gasteiger partial charge in [0.05, 0.1) is 5.56 Å². The van der Waals surface area contributed by atoms with E-state index in [2.05, 4.69) is 48.7 Å². The Morgan fingerprint density at radius 2 is 2.11 bits per heavy atom. The highest BCUT2D eigenvalue weighted by Crippen LogP contribution is 2.18. The minimum Gasteiger partial charge on any atom is -0.351 e. The predicted molar refractivity (Wildman–Crippen MR) is 84.9 cm³/mol. The Labute approximate surface area is 130 Å². The molecule has 2 rings (SSSR count). The van der Waals surface area contributed by atoms with E-state index in [1.165, 1.54) is 25.9 Å². The molecule has 0 unspecified atom stereocenters. The molecule has 0 bridgehead atoms. The molecule has 1 aliphatic heterocycles. The second kappa shape index (κ2) is 6.86. The van der Waals surface area contributed by atoms with Crippen molar-refractivity contribution in [2.24, 2.45) is 0 Å². The number of nitrogens with zero attached hydrogens (tertiary/aromatic N) is 1. The van der Waals surface area contributed by atoms with Crippen LogP contribution < -0.4 is 5.32 Å². The molecule has 1 saturated heterocycles. The summed E-state index contributed by atoms with van der Waals surface area (Å²) in [6.07, 6.45) is 2.58. The summed E-state index contributed by atoms with van der Waals surface area (Å²) in [5.74, 6) is 0.0138. The fourth-order valence-corrected chi connectivity index (χ4v) is 3.04. The van der Waals surface area contributed by atoms with E-state index >= 15 is 0 Å². The molecule has 1 amide bonds. The lowest BCUT2D eigenvalue weighted by atomic mass is 10.2. The van der Waals surface area contributed by atoms with Gasteiger partial charge in [-0.25, -0.2) is 0 Å². The van der Waals surface area contributed by atoms with Gasteiger partial charge in [0.1, 0.15) is 0 Å². The summed E-state index contributed by atoms with van der Waals surface area (Å²) in [6.45, 7) is 4.02. The van der Waals surface area contributed by atoms with Crippen molar-refractivity contribution in [3.05, 3.63) is 31.8 Å². The van der Waals surface area contributed by atoms with E-state index in [0.717, 1.165) is 26.7 Å². The molecular formula is C13H16BrIN2O. The van der Waals surface area contributed by atoms with Crippen LogP contribution in [0.2, 0.25) is 0 Å². The quantitative estimate of drug-likeness (QED) is 0.756. The lowest BCUT2D eigenvalue weighted by Crippen LogP contribution is -2.33. The fraction of sp³-hybridized carbons (Fsp3) is 0.462. The number of hydrogen-bond donors (Lipinski definition) is 1. The molecule has 1 aromatic rings. The number of carbonyl (C=O) groups excluding carboxylic acids is 1. The van der Waals surface area contributed by atoms with Crippen LogP contribution in [0.4, 0.5) is 0 Å². The van der Waals surface area contributed by atoms with Gasteiger partial charge in [0.25, 0.3) is 5.91 Å². The zero-order valence-corrected chi connectivity index (χ0v) is 13.8. The van der Waals surface area contributed by atoms with Crippen molar-refractivity contribution < 1.29 is 4.79 Å². The van der Waals surface area contributed by atoms with Crippen LogP contribution in [-0.4, -0.2) is 37.0 Å². The van der Waals surface area contributed by atoms with Gasteiger partial charge in [-0.2, -0.15) is 0 Å². The highest BCUT2D eigenvalue weighted by molar-refractivity contribution is 14.1. The van der Waals surface area contributed by atoms with Crippen LogP contribution in [0, 0.1) is 3.57 Å². The monoisotopic (exact) mass is 422 g/mol. The third kappa shape index (κ3) is 3.93. The molecule has 1 fully saturated rings. The average Bonchev–Trinajstić information content (AvgIpc) is 2.85. The average molecular weight is 423 g/mol. The summed E-state index contributed by atoms with van der Waals surface area (Å²) in [4.78, 5) is 14.4. The first kappa shape index (κ1) is 14.3. The highest BCUT2D eigenvalue weighted by Gasteiger charge is 2.13. The minimum absolute atomic E-state index is 0.0138. The second-order valence-corrected chi connectivity index (χ2v) is 6.51. The molecule has 0 saturated carbocycles. The Morgan fingerprint density at radius 1 is 1.39 bits per heavy atom. The van der Waals surface area contributed by atoms with Crippen LogP contribution in [0.25, 0.3) is 0 Å². The summed E-state index contributed by atoms with van der Waals surface area (Å²) in [7, 11) is 0. The summed E-state index contributed by atoms with van der Waals surface area (Å²) in [5.41, 5.74) is 0.742. The van der Waals surface area contributed by atoms with Crippen molar-refractivity contribution in [1.82, 2.24) is 10.2 Å². The van der Waals surface area contributed by atoms with E-state index in [0.29, 0.717) is 0 Å². The number of amides is 1. The SMILES string of the molecule is O=C(NCCN1CCCC1)c1cc(Br)ccc1I. The molecule has 0 aromatic heterocycles. The van der Waals surface area contributed by atoms with E-state index in [1.807, 2.05) is 18.2 Å². The first-order valence-corrected chi connectivity index (χ1v) is 7.99. The maximum absolute atomic E-state index is 12.0. The van der Waals surface area contributed by atoms with E-state index in [4.69, 9.17) is 0 Å². The Kier molecular flexibility index (Phi) is 5.44. The van der Waals surface area contributed by atoms with Gasteiger partial charge in [0, 0.05) is 21.1 Å². The number of carbonyl (C=O) groups is 1. The van der Waals surface area contributed by atoms with Crippen molar-refractivity contribution in [3.8, 4) is 0 Å². The molecular weight excluding hydrogens is 407 g/mol. The predicted octanol–water partition coefficient (Wildman–Crippen LogP) is 2.88. The maximum atomic E-state index is 12.0. The minimum atomic E-state index is 0.0138. The molecule has 0 atom stereocenters. The Balaban J connectivity index is 1.85. The topological polar surface area (TPSA) is 32.3 Å². The molecule has 1 N–H and O–H groups in total. The number of likely N-dealkylation sites (tertiary alicyclic amines) is 1. The van der Waals surface area contributed by atoms with E-state index < -0.39 is 0 Å². The molecule has 5 heteroatoms. The van der Waals surface area contributed by atoms with Gasteiger partial charge >= 0.3 is 0 Å². The van der Waals surface area contributed by atoms with Crippen LogP contribution in [0.1, 0.15) is 23.2 Å². The third-order valence-electron chi connectivity index (χ3n) is 3.09. The van der Waals surface area contributed by atoms with Gasteiger partial charge in [0.15, 0.2) is 0 Å². The zero-order valence-electron chi connectivity index (χ0n) is 10.1. The first-order chi connectivity index (χ1) is 8.66. The van der Waals surface area contributed by atoms with Crippen molar-refractivity contribution in [2.75, 3.05) is 26.2 Å². The largest absolute Gasteiger partial charge is 0.351 e. The van der Waals surface area contributed by atoms with Crippen molar-refractivity contribution in [1.29, 1.82) is 0 Å². The molecule has 0 spiro atoms. The summed E-state index contributed by atoms with van der Waals surface area (Å²) in [5, 5.41) is 2.99. The Hall–Kier alpha value is -0.140. The second-order valence-electron chi connectivity index (χ2n) is 4.43. The van der Waals surface area contributed by atoms with Gasteiger partial charge in [0.2, 0.25) is 0 Å². The lowest BCUT2D eigenvalue weighted by molar-refractivity contribution is 0.0949. The molecule has 1 aliphatic rings. The lowest BCUT2D eigenvalue weighted by Gasteiger charge is -2.15. The Morgan fingerprint density at radius 3 is 2.83 bits per heavy atom. The number of benzene rings is 1.